The van der Waals surface area contributed by atoms with Gasteiger partial charge in [0.05, 0.1) is 6.10 Å². The van der Waals surface area contributed by atoms with Gasteiger partial charge in [0.25, 0.3) is 0 Å². The van der Waals surface area contributed by atoms with Crippen LogP contribution in [0.3, 0.4) is 0 Å². The number of hydrogen-bond acceptors (Lipinski definition) is 3. The van der Waals surface area contributed by atoms with E-state index in [0.29, 0.717) is 12.3 Å². The highest BCUT2D eigenvalue weighted by atomic mass is 16.3. The maximum atomic E-state index is 9.75. The van der Waals surface area contributed by atoms with Crippen molar-refractivity contribution in [3.05, 3.63) is 23.8 Å². The molecule has 3 nitrogen and oxygen atoms in total. The van der Waals surface area contributed by atoms with Gasteiger partial charge in [0.15, 0.2) is 0 Å². The first-order valence-electron chi connectivity index (χ1n) is 5.27. The van der Waals surface area contributed by atoms with Crippen molar-refractivity contribution in [1.29, 1.82) is 0 Å². The Morgan fingerprint density at radius 2 is 2.14 bits per heavy atom. The molecule has 14 heavy (non-hydrogen) atoms. The third-order valence-electron chi connectivity index (χ3n) is 2.73. The summed E-state index contributed by atoms with van der Waals surface area (Å²) in [6.45, 7) is 2.07. The van der Waals surface area contributed by atoms with Crippen molar-refractivity contribution in [3.8, 4) is 0 Å². The molecule has 1 aliphatic carbocycles. The lowest BCUT2D eigenvalue weighted by Crippen LogP contribution is -2.14. The Morgan fingerprint density at radius 3 is 2.79 bits per heavy atom. The molecular weight excluding hydrogens is 176 g/mol. The van der Waals surface area contributed by atoms with E-state index < -0.39 is 0 Å². The summed E-state index contributed by atoms with van der Waals surface area (Å²) in [7, 11) is 0. The van der Waals surface area contributed by atoms with Gasteiger partial charge < -0.3 is 5.11 Å². The number of aliphatic hydroxyl groups excluding tert-OH is 1. The normalized spacial score (nSPS) is 18.1. The molecule has 76 valence electrons. The van der Waals surface area contributed by atoms with E-state index >= 15 is 0 Å². The lowest BCUT2D eigenvalue weighted by atomic mass is 10.1. The minimum atomic E-state index is -0.199. The van der Waals surface area contributed by atoms with Gasteiger partial charge in [-0.15, -0.1) is 0 Å². The van der Waals surface area contributed by atoms with Crippen LogP contribution in [-0.4, -0.2) is 21.2 Å². The van der Waals surface area contributed by atoms with Crippen LogP contribution in [0.4, 0.5) is 0 Å². The second-order valence-electron chi connectivity index (χ2n) is 3.96. The average Bonchev–Trinajstić information content (AvgIpc) is 3.01. The Balaban J connectivity index is 2.00. The molecule has 1 aliphatic rings. The number of aromatic nitrogens is 2. The van der Waals surface area contributed by atoms with Crippen LogP contribution in [0.15, 0.2) is 12.4 Å². The molecule has 2 rings (SSSR count). The van der Waals surface area contributed by atoms with Gasteiger partial charge in [-0.1, -0.05) is 6.92 Å². The van der Waals surface area contributed by atoms with Crippen molar-refractivity contribution in [2.24, 2.45) is 5.92 Å². The van der Waals surface area contributed by atoms with Crippen LogP contribution in [0.25, 0.3) is 0 Å². The summed E-state index contributed by atoms with van der Waals surface area (Å²) in [5.74, 6) is 0.523. The lowest BCUT2D eigenvalue weighted by Gasteiger charge is -2.08. The van der Waals surface area contributed by atoms with Crippen LogP contribution < -0.4 is 0 Å². The van der Waals surface area contributed by atoms with Crippen LogP contribution in [0.5, 0.6) is 0 Å². The third-order valence-corrected chi connectivity index (χ3v) is 2.73. The second kappa shape index (κ2) is 4.05. The predicted octanol–water partition coefficient (Wildman–Crippen LogP) is 1.35. The highest BCUT2D eigenvalue weighted by Crippen LogP contribution is 2.33. The number of nitrogens with zero attached hydrogens (tertiary/aromatic N) is 2. The van der Waals surface area contributed by atoms with Crippen molar-refractivity contribution in [3.63, 3.8) is 0 Å². The van der Waals surface area contributed by atoms with E-state index in [1.807, 2.05) is 6.07 Å². The summed E-state index contributed by atoms with van der Waals surface area (Å²) >= 11 is 0. The molecule has 1 unspecified atom stereocenters. The molecule has 1 atom stereocenters. The van der Waals surface area contributed by atoms with Gasteiger partial charge >= 0.3 is 0 Å². The summed E-state index contributed by atoms with van der Waals surface area (Å²) in [4.78, 5) is 8.30. The molecule has 0 saturated heterocycles. The number of hydrogen-bond donors (Lipinski definition) is 1. The molecule has 0 spiro atoms. The molecule has 0 bridgehead atoms. The van der Waals surface area contributed by atoms with E-state index in [-0.39, 0.29) is 6.10 Å². The van der Waals surface area contributed by atoms with Gasteiger partial charge in [-0.2, -0.15) is 0 Å². The number of rotatable bonds is 4. The fraction of sp³-hybridized carbons (Fsp3) is 0.636. The van der Waals surface area contributed by atoms with E-state index in [4.69, 9.17) is 0 Å². The van der Waals surface area contributed by atoms with Crippen molar-refractivity contribution in [2.45, 2.75) is 38.7 Å². The van der Waals surface area contributed by atoms with Gasteiger partial charge in [0, 0.05) is 17.8 Å². The first-order chi connectivity index (χ1) is 6.79. The molecule has 1 heterocycles. The first kappa shape index (κ1) is 9.59. The molecular formula is C11H16N2O. The third kappa shape index (κ3) is 2.29. The smallest absolute Gasteiger partial charge is 0.115 e. The molecule has 1 aromatic heterocycles. The zero-order valence-electron chi connectivity index (χ0n) is 8.48. The van der Waals surface area contributed by atoms with Crippen molar-refractivity contribution in [1.82, 2.24) is 9.97 Å². The number of aliphatic hydroxyl groups is 1. The maximum Gasteiger partial charge on any atom is 0.115 e. The van der Waals surface area contributed by atoms with Gasteiger partial charge in [-0.05, 0) is 31.2 Å². The van der Waals surface area contributed by atoms with Crippen LogP contribution in [0.1, 0.15) is 31.2 Å². The Bertz CT molecular complexity index is 310. The zero-order chi connectivity index (χ0) is 9.97. The molecule has 1 N–H and O–H groups in total. The van der Waals surface area contributed by atoms with Crippen molar-refractivity contribution in [2.75, 3.05) is 0 Å². The van der Waals surface area contributed by atoms with E-state index in [9.17, 15) is 5.11 Å². The van der Waals surface area contributed by atoms with E-state index in [1.165, 1.54) is 12.8 Å². The molecule has 0 radical (unpaired) electrons. The molecule has 0 aromatic carbocycles. The second-order valence-corrected chi connectivity index (χ2v) is 3.96. The molecule has 3 heteroatoms. The minimum absolute atomic E-state index is 0.199. The van der Waals surface area contributed by atoms with Gasteiger partial charge in [0.2, 0.25) is 0 Å². The fourth-order valence-electron chi connectivity index (χ4n) is 1.61. The van der Waals surface area contributed by atoms with Crippen LogP contribution in [-0.2, 0) is 12.8 Å². The predicted molar refractivity (Wildman–Crippen MR) is 53.8 cm³/mol. The van der Waals surface area contributed by atoms with Gasteiger partial charge in [0.1, 0.15) is 6.33 Å². The molecule has 1 fully saturated rings. The SMILES string of the molecule is CCc1cc(CC(O)C2CC2)ncn1. The molecule has 1 saturated carbocycles. The monoisotopic (exact) mass is 192 g/mol. The minimum Gasteiger partial charge on any atom is -0.392 e. The van der Waals surface area contributed by atoms with Gasteiger partial charge in [-0.3, -0.25) is 0 Å². The van der Waals surface area contributed by atoms with Crippen molar-refractivity contribution < 1.29 is 5.11 Å². The van der Waals surface area contributed by atoms with E-state index in [1.54, 1.807) is 6.33 Å². The Hall–Kier alpha value is -0.960. The topological polar surface area (TPSA) is 46.0 Å². The largest absolute Gasteiger partial charge is 0.392 e. The lowest BCUT2D eigenvalue weighted by molar-refractivity contribution is 0.150. The zero-order valence-corrected chi connectivity index (χ0v) is 8.48. The van der Waals surface area contributed by atoms with E-state index in [2.05, 4.69) is 16.9 Å². The van der Waals surface area contributed by atoms with Crippen LogP contribution in [0, 0.1) is 5.92 Å². The fourth-order valence-corrected chi connectivity index (χ4v) is 1.61. The summed E-state index contributed by atoms with van der Waals surface area (Å²) in [6, 6.07) is 1.99. The first-order valence-corrected chi connectivity index (χ1v) is 5.27. The Kier molecular flexibility index (Phi) is 2.77. The molecule has 0 amide bonds. The molecule has 0 aliphatic heterocycles. The maximum absolute atomic E-state index is 9.75. The highest BCUT2D eigenvalue weighted by Gasteiger charge is 2.29. The quantitative estimate of drug-likeness (QED) is 0.783. The Labute approximate surface area is 84.2 Å². The summed E-state index contributed by atoms with van der Waals surface area (Å²) in [5.41, 5.74) is 2.02. The number of aryl methyl sites for hydroxylation is 1. The highest BCUT2D eigenvalue weighted by molar-refractivity contribution is 5.09. The summed E-state index contributed by atoms with van der Waals surface area (Å²) in [5, 5.41) is 9.75. The van der Waals surface area contributed by atoms with Crippen LogP contribution >= 0.6 is 0 Å². The van der Waals surface area contributed by atoms with Gasteiger partial charge in [-0.25, -0.2) is 9.97 Å². The standard InChI is InChI=1S/C11H16N2O/c1-2-9-5-10(13-7-12-9)6-11(14)8-3-4-8/h5,7-8,11,14H,2-4,6H2,1H3. The summed E-state index contributed by atoms with van der Waals surface area (Å²) in [6.07, 6.45) is 5.34. The Morgan fingerprint density at radius 1 is 1.43 bits per heavy atom. The molecule has 1 aromatic rings. The average molecular weight is 192 g/mol. The van der Waals surface area contributed by atoms with Crippen molar-refractivity contribution >= 4 is 0 Å². The van der Waals surface area contributed by atoms with Crippen LogP contribution in [0.2, 0.25) is 0 Å². The van der Waals surface area contributed by atoms with E-state index in [0.717, 1.165) is 17.8 Å². The summed E-state index contributed by atoms with van der Waals surface area (Å²) < 4.78 is 0.